The number of nitrogens with one attached hydrogen (secondary N) is 5. The number of halogens is 1. The van der Waals surface area contributed by atoms with Crippen LogP contribution in [-0.2, 0) is 25.6 Å². The molecule has 11 N–H and O–H groups in total. The third-order valence-electron chi connectivity index (χ3n) is 10.7. The van der Waals surface area contributed by atoms with Gasteiger partial charge in [-0.1, -0.05) is 31.0 Å². The molecule has 0 radical (unpaired) electrons. The molecule has 2 heterocycles. The number of nitriles is 1. The Morgan fingerprint density at radius 3 is 2.34 bits per heavy atom. The number of aryl methyl sites for hydroxylation is 1. The molecule has 5 rings (SSSR count). The number of ether oxygens (including phenoxy) is 3. The highest BCUT2D eigenvalue weighted by Crippen LogP contribution is 2.44. The molecule has 0 saturated heterocycles. The van der Waals surface area contributed by atoms with Gasteiger partial charge in [0.2, 0.25) is 23.6 Å². The number of fused-ring (bicyclic) bond motifs is 5. The molecule has 4 aromatic rings. The molecule has 0 fully saturated rings. The van der Waals surface area contributed by atoms with Crippen LogP contribution < -0.4 is 58.0 Å². The number of anilines is 1. The van der Waals surface area contributed by atoms with Gasteiger partial charge in [0.15, 0.2) is 11.6 Å². The van der Waals surface area contributed by atoms with E-state index in [0.717, 1.165) is 12.8 Å². The summed E-state index contributed by atoms with van der Waals surface area (Å²) in [5.41, 5.74) is 20.7. The molecule has 20 heteroatoms. The summed E-state index contributed by atoms with van der Waals surface area (Å²) in [5, 5.41) is 23.2. The van der Waals surface area contributed by atoms with Gasteiger partial charge in [0.25, 0.3) is 5.91 Å². The number of amides is 5. The van der Waals surface area contributed by atoms with E-state index >= 15 is 0 Å². The second-order valence-corrected chi connectivity index (χ2v) is 16.2. The van der Waals surface area contributed by atoms with E-state index in [9.17, 15) is 29.2 Å². The maximum absolute atomic E-state index is 14.4. The molecule has 356 valence electrons. The van der Waals surface area contributed by atoms with Gasteiger partial charge in [0.1, 0.15) is 49.4 Å². The van der Waals surface area contributed by atoms with Gasteiger partial charge in [-0.05, 0) is 93.7 Å². The van der Waals surface area contributed by atoms with Crippen LogP contribution in [0, 0.1) is 18.3 Å². The summed E-state index contributed by atoms with van der Waals surface area (Å²) in [6.07, 6.45) is 3.08. The molecule has 4 atom stereocenters. The lowest BCUT2D eigenvalue weighted by Gasteiger charge is -2.26. The Morgan fingerprint density at radius 2 is 1.66 bits per heavy atom. The minimum absolute atomic E-state index is 0.00548. The quantitative estimate of drug-likeness (QED) is 0.0496. The van der Waals surface area contributed by atoms with Crippen LogP contribution >= 0.6 is 11.6 Å². The topological polar surface area (TPSA) is 301 Å². The van der Waals surface area contributed by atoms with Crippen molar-refractivity contribution in [3.63, 3.8) is 0 Å². The standard InChI is InChI=1S/C47H58ClN11O8/c1-5-6-17-65-40-10-8-31(24-35(40)48)42-54-25-34(27(3)55-42)45(62)57-36(11-12-49)47(64)58-37-21-29-20-33(41(37)67-19-15-52)32-23-30(7-9-39(32)66-18-14-51)26(2)43(60)56-28(4)44(61)59-38(22-29)46(63)53-16-13-50/h7-10,20-21,23-26,28,36,38H,5-6,11-12,14-19,22,49,51-52H2,1-4H3,(H,53,63)(H,56,60)(H,57,62)(H,58,64)(H,59,61). The van der Waals surface area contributed by atoms with Crippen molar-refractivity contribution in [3.05, 3.63) is 82.1 Å². The van der Waals surface area contributed by atoms with Crippen molar-refractivity contribution < 1.29 is 38.2 Å². The van der Waals surface area contributed by atoms with Crippen LogP contribution in [0.25, 0.3) is 22.5 Å². The van der Waals surface area contributed by atoms with Gasteiger partial charge in [-0.3, -0.25) is 24.0 Å². The lowest BCUT2D eigenvalue weighted by Crippen LogP contribution is -2.54. The average molecular weight is 941 g/mol. The molecule has 5 amide bonds. The summed E-state index contributed by atoms with van der Waals surface area (Å²) in [4.78, 5) is 77.9. The van der Waals surface area contributed by atoms with Gasteiger partial charge in [-0.25, -0.2) is 9.97 Å². The largest absolute Gasteiger partial charge is 0.492 e. The molecule has 19 nitrogen and oxygen atoms in total. The van der Waals surface area contributed by atoms with Crippen LogP contribution in [0.2, 0.25) is 5.02 Å². The zero-order valence-electron chi connectivity index (χ0n) is 38.0. The molecule has 1 aliphatic rings. The maximum atomic E-state index is 14.4. The predicted molar refractivity (Wildman–Crippen MR) is 252 cm³/mol. The Hall–Kier alpha value is -6.85. The van der Waals surface area contributed by atoms with Gasteiger partial charge in [-0.2, -0.15) is 5.26 Å². The summed E-state index contributed by atoms with van der Waals surface area (Å²) >= 11 is 6.50. The highest BCUT2D eigenvalue weighted by molar-refractivity contribution is 6.32. The zero-order chi connectivity index (χ0) is 48.6. The second-order valence-electron chi connectivity index (χ2n) is 15.8. The molecule has 1 aliphatic heterocycles. The molecule has 67 heavy (non-hydrogen) atoms. The lowest BCUT2D eigenvalue weighted by atomic mass is 9.91. The number of benzene rings is 3. The van der Waals surface area contributed by atoms with Crippen LogP contribution in [0.3, 0.4) is 0 Å². The van der Waals surface area contributed by atoms with E-state index in [1.165, 1.54) is 13.1 Å². The average Bonchev–Trinajstić information content (AvgIpc) is 3.31. The number of unbranched alkanes of at least 4 members (excludes halogenated alkanes) is 1. The summed E-state index contributed by atoms with van der Waals surface area (Å²) in [7, 11) is 0. The number of nitrogens with zero attached hydrogens (tertiary/aromatic N) is 3. The van der Waals surface area contributed by atoms with Crippen LogP contribution in [0.1, 0.15) is 73.1 Å². The number of carbonyl (C=O) groups excluding carboxylic acids is 5. The smallest absolute Gasteiger partial charge is 0.255 e. The second kappa shape index (κ2) is 24.6. The van der Waals surface area contributed by atoms with E-state index in [1.54, 1.807) is 62.4 Å². The first-order valence-electron chi connectivity index (χ1n) is 22.0. The minimum Gasteiger partial charge on any atom is -0.492 e. The number of hydrogen-bond donors (Lipinski definition) is 8. The van der Waals surface area contributed by atoms with Crippen molar-refractivity contribution in [2.24, 2.45) is 17.2 Å². The first-order chi connectivity index (χ1) is 32.2. The Balaban J connectivity index is 1.57. The predicted octanol–water partition coefficient (Wildman–Crippen LogP) is 3.00. The minimum atomic E-state index is -1.26. The third-order valence-corrected chi connectivity index (χ3v) is 11.0. The van der Waals surface area contributed by atoms with E-state index in [-0.39, 0.29) is 69.2 Å². The molecular formula is C47H58ClN11O8. The van der Waals surface area contributed by atoms with E-state index < -0.39 is 53.6 Å². The fourth-order valence-electron chi connectivity index (χ4n) is 7.09. The van der Waals surface area contributed by atoms with Crippen molar-refractivity contribution in [2.75, 3.05) is 51.3 Å². The van der Waals surface area contributed by atoms with Gasteiger partial charge < -0.3 is 58.0 Å². The van der Waals surface area contributed by atoms with E-state index in [2.05, 4.69) is 43.5 Å². The molecule has 4 bridgehead atoms. The number of nitrogens with two attached hydrogens (primary N) is 3. The lowest BCUT2D eigenvalue weighted by molar-refractivity contribution is -0.132. The highest BCUT2D eigenvalue weighted by Gasteiger charge is 2.30. The normalized spacial score (nSPS) is 16.3. The zero-order valence-corrected chi connectivity index (χ0v) is 38.8. The number of carbonyl (C=O) groups is 5. The first kappa shape index (κ1) is 51.1. The van der Waals surface area contributed by atoms with Crippen LogP contribution in [-0.4, -0.2) is 104 Å². The summed E-state index contributed by atoms with van der Waals surface area (Å²) in [6, 6.07) is 12.0. The molecule has 0 spiro atoms. The Labute approximate surface area is 394 Å². The van der Waals surface area contributed by atoms with Crippen LogP contribution in [0.5, 0.6) is 17.2 Å². The van der Waals surface area contributed by atoms with Gasteiger partial charge in [-0.15, -0.1) is 0 Å². The Morgan fingerprint density at radius 1 is 0.925 bits per heavy atom. The van der Waals surface area contributed by atoms with Crippen molar-refractivity contribution >= 4 is 46.8 Å². The Kier molecular flexibility index (Phi) is 18.8. The summed E-state index contributed by atoms with van der Waals surface area (Å²) in [6.45, 7) is 7.42. The Bertz CT molecular complexity index is 2480. The van der Waals surface area contributed by atoms with Crippen molar-refractivity contribution in [1.82, 2.24) is 31.2 Å². The number of aromatic nitrogens is 2. The molecule has 1 aromatic heterocycles. The van der Waals surface area contributed by atoms with Crippen molar-refractivity contribution in [3.8, 4) is 45.8 Å². The molecular weight excluding hydrogens is 882 g/mol. The van der Waals surface area contributed by atoms with E-state index in [0.29, 0.717) is 62.5 Å². The fraction of sp³-hybridized carbons (Fsp3) is 0.404. The fourth-order valence-corrected chi connectivity index (χ4v) is 7.32. The van der Waals surface area contributed by atoms with Crippen molar-refractivity contribution in [2.45, 2.75) is 77.4 Å². The number of rotatable bonds is 19. The first-order valence-corrected chi connectivity index (χ1v) is 22.4. The van der Waals surface area contributed by atoms with E-state index in [1.807, 2.05) is 6.07 Å². The van der Waals surface area contributed by atoms with Gasteiger partial charge in [0, 0.05) is 42.4 Å². The SMILES string of the molecule is CCCCOc1ccc(-c2ncc(C(=O)NC(CCN)C(=O)Nc3cc4cc(c3OCCN)-c3cc(ccc3OCCN)C(C)C(=O)NC(C)C(=O)NC(C(=O)NCC#N)C4)c(C)n2)cc1Cl. The van der Waals surface area contributed by atoms with E-state index in [4.69, 9.17) is 43.0 Å². The molecule has 4 unspecified atom stereocenters. The summed E-state index contributed by atoms with van der Waals surface area (Å²) in [5.74, 6) is -2.53. The highest BCUT2D eigenvalue weighted by atomic mass is 35.5. The number of hydrogen-bond acceptors (Lipinski definition) is 14. The van der Waals surface area contributed by atoms with Crippen molar-refractivity contribution in [1.29, 1.82) is 5.26 Å². The molecule has 0 saturated carbocycles. The van der Waals surface area contributed by atoms with Crippen LogP contribution in [0.4, 0.5) is 5.69 Å². The van der Waals surface area contributed by atoms with Gasteiger partial charge in [0.05, 0.1) is 40.6 Å². The van der Waals surface area contributed by atoms with Crippen LogP contribution in [0.15, 0.2) is 54.7 Å². The maximum Gasteiger partial charge on any atom is 0.255 e. The monoisotopic (exact) mass is 939 g/mol. The van der Waals surface area contributed by atoms with Gasteiger partial charge >= 0.3 is 0 Å². The third kappa shape index (κ3) is 13.4. The molecule has 3 aromatic carbocycles. The molecule has 0 aliphatic carbocycles. The summed E-state index contributed by atoms with van der Waals surface area (Å²) < 4.78 is 18.2.